The van der Waals surface area contributed by atoms with Crippen molar-refractivity contribution in [3.05, 3.63) is 33.6 Å². The van der Waals surface area contributed by atoms with Crippen LogP contribution in [0, 0.1) is 5.82 Å². The van der Waals surface area contributed by atoms with E-state index in [1.165, 1.54) is 12.1 Å². The molecule has 1 heterocycles. The maximum Gasteiger partial charge on any atom is 0.323 e. The highest BCUT2D eigenvalue weighted by Crippen LogP contribution is 2.32. The Morgan fingerprint density at radius 1 is 1.47 bits per heavy atom. The van der Waals surface area contributed by atoms with Gasteiger partial charge in [-0.3, -0.25) is 10.1 Å². The van der Waals surface area contributed by atoms with Crippen molar-refractivity contribution in [3.8, 4) is 0 Å². The molecule has 1 aliphatic heterocycles. The minimum absolute atomic E-state index is 0.0611. The lowest BCUT2D eigenvalue weighted by Gasteiger charge is -2.34. The van der Waals surface area contributed by atoms with Gasteiger partial charge in [-0.1, -0.05) is 23.2 Å². The molecule has 4 nitrogen and oxygen atoms in total. The third kappa shape index (κ3) is 3.00. The van der Waals surface area contributed by atoms with Gasteiger partial charge in [0.25, 0.3) is 0 Å². The second-order valence-corrected chi connectivity index (χ2v) is 5.16. The van der Waals surface area contributed by atoms with Crippen LogP contribution in [0.3, 0.4) is 0 Å². The molecule has 0 saturated carbocycles. The summed E-state index contributed by atoms with van der Waals surface area (Å²) in [5.41, 5.74) is 0.451. The van der Waals surface area contributed by atoms with Crippen LogP contribution >= 0.6 is 23.2 Å². The van der Waals surface area contributed by atoms with Crippen LogP contribution in [0.2, 0.25) is 10.0 Å². The number of ether oxygens (including phenoxy) is 1. The number of halogens is 3. The molecule has 0 amide bonds. The van der Waals surface area contributed by atoms with E-state index in [0.29, 0.717) is 10.6 Å². The zero-order chi connectivity index (χ0) is 14.2. The Balaban J connectivity index is 2.21. The van der Waals surface area contributed by atoms with Crippen LogP contribution in [0.5, 0.6) is 0 Å². The molecule has 3 unspecified atom stereocenters. The molecule has 0 spiro atoms. The number of hydrogen-bond acceptors (Lipinski definition) is 3. The van der Waals surface area contributed by atoms with E-state index in [-0.39, 0.29) is 11.6 Å². The molecule has 0 radical (unpaired) electrons. The molecular weight excluding hydrogens is 296 g/mol. The Labute approximate surface area is 119 Å². The van der Waals surface area contributed by atoms with E-state index >= 15 is 0 Å². The quantitative estimate of drug-likeness (QED) is 0.825. The number of nitrogens with one attached hydrogen (secondary N) is 1. The van der Waals surface area contributed by atoms with Crippen molar-refractivity contribution < 1.29 is 19.0 Å². The fraction of sp³-hybridized carbons (Fsp3) is 0.417. The van der Waals surface area contributed by atoms with Crippen molar-refractivity contribution in [1.82, 2.24) is 5.32 Å². The van der Waals surface area contributed by atoms with Crippen molar-refractivity contribution in [1.29, 1.82) is 0 Å². The fourth-order valence-corrected chi connectivity index (χ4v) is 2.55. The average molecular weight is 308 g/mol. The first kappa shape index (κ1) is 14.5. The minimum atomic E-state index is -0.987. The molecule has 1 aliphatic rings. The molecule has 2 N–H and O–H groups in total. The Morgan fingerprint density at radius 3 is 2.74 bits per heavy atom. The topological polar surface area (TPSA) is 58.6 Å². The molecule has 1 fully saturated rings. The molecule has 104 valence electrons. The summed E-state index contributed by atoms with van der Waals surface area (Å²) in [5.74, 6) is -1.57. The number of morpholine rings is 1. The lowest BCUT2D eigenvalue weighted by Crippen LogP contribution is -2.52. The Morgan fingerprint density at radius 2 is 2.16 bits per heavy atom. The van der Waals surface area contributed by atoms with E-state index in [2.05, 4.69) is 5.32 Å². The van der Waals surface area contributed by atoms with Gasteiger partial charge in [0.05, 0.1) is 17.2 Å². The number of carboxylic acids is 1. The van der Waals surface area contributed by atoms with Crippen molar-refractivity contribution in [2.24, 2.45) is 0 Å². The molecule has 2 rings (SSSR count). The summed E-state index contributed by atoms with van der Waals surface area (Å²) < 4.78 is 19.0. The third-order valence-electron chi connectivity index (χ3n) is 3.02. The van der Waals surface area contributed by atoms with Crippen LogP contribution in [-0.4, -0.2) is 29.8 Å². The molecular formula is C12H12Cl2FNO3. The summed E-state index contributed by atoms with van der Waals surface area (Å²) in [4.78, 5) is 10.9. The molecule has 0 aliphatic carbocycles. The van der Waals surface area contributed by atoms with Gasteiger partial charge in [0.1, 0.15) is 11.9 Å². The van der Waals surface area contributed by atoms with Gasteiger partial charge in [-0.05, 0) is 19.1 Å². The highest BCUT2D eigenvalue weighted by molar-refractivity contribution is 6.35. The van der Waals surface area contributed by atoms with Gasteiger partial charge in [0.2, 0.25) is 0 Å². The van der Waals surface area contributed by atoms with Gasteiger partial charge in [0, 0.05) is 17.1 Å². The van der Waals surface area contributed by atoms with E-state index in [4.69, 9.17) is 33.0 Å². The standard InChI is InChI=1S/C12H12Cl2FNO3/c1-5-11(12(17)18)16-4-10(19-5)6-2-9(15)8(14)3-7(6)13/h2-3,5,10-11,16H,4H2,1H3,(H,17,18). The van der Waals surface area contributed by atoms with Crippen LogP contribution in [0.1, 0.15) is 18.6 Å². The second kappa shape index (κ2) is 5.63. The van der Waals surface area contributed by atoms with E-state index in [0.717, 1.165) is 0 Å². The summed E-state index contributed by atoms with van der Waals surface area (Å²) in [5, 5.41) is 12.0. The maximum atomic E-state index is 13.5. The van der Waals surface area contributed by atoms with E-state index in [1.54, 1.807) is 6.92 Å². The molecule has 1 aromatic carbocycles. The van der Waals surface area contributed by atoms with Crippen LogP contribution in [0.15, 0.2) is 12.1 Å². The molecule has 7 heteroatoms. The first-order chi connectivity index (χ1) is 8.90. The van der Waals surface area contributed by atoms with E-state index in [1.807, 2.05) is 0 Å². The largest absolute Gasteiger partial charge is 0.480 e. The SMILES string of the molecule is CC1OC(c2cc(F)c(Cl)cc2Cl)CNC1C(=O)O. The zero-order valence-electron chi connectivity index (χ0n) is 9.99. The molecule has 19 heavy (non-hydrogen) atoms. The molecule has 0 aromatic heterocycles. The van der Waals surface area contributed by atoms with Gasteiger partial charge in [0.15, 0.2) is 0 Å². The minimum Gasteiger partial charge on any atom is -0.480 e. The lowest BCUT2D eigenvalue weighted by atomic mass is 10.0. The predicted molar refractivity (Wildman–Crippen MR) is 69.1 cm³/mol. The normalized spacial score (nSPS) is 27.3. The molecule has 1 aromatic rings. The molecule has 3 atom stereocenters. The summed E-state index contributed by atoms with van der Waals surface area (Å²) >= 11 is 11.6. The van der Waals surface area contributed by atoms with Crippen LogP contribution in [0.4, 0.5) is 4.39 Å². The van der Waals surface area contributed by atoms with Crippen molar-refractivity contribution in [2.45, 2.75) is 25.2 Å². The highest BCUT2D eigenvalue weighted by Gasteiger charge is 2.34. The average Bonchev–Trinajstić information content (AvgIpc) is 2.33. The smallest absolute Gasteiger partial charge is 0.323 e. The third-order valence-corrected chi connectivity index (χ3v) is 3.64. The number of carboxylic acid groups (broad SMARTS) is 1. The number of hydrogen-bond donors (Lipinski definition) is 2. The maximum absolute atomic E-state index is 13.5. The first-order valence-electron chi connectivity index (χ1n) is 5.66. The van der Waals surface area contributed by atoms with Gasteiger partial charge >= 0.3 is 5.97 Å². The van der Waals surface area contributed by atoms with Gasteiger partial charge in [-0.25, -0.2) is 4.39 Å². The first-order valence-corrected chi connectivity index (χ1v) is 6.42. The van der Waals surface area contributed by atoms with Crippen molar-refractivity contribution in [2.75, 3.05) is 6.54 Å². The number of benzene rings is 1. The number of rotatable bonds is 2. The zero-order valence-corrected chi connectivity index (χ0v) is 11.5. The summed E-state index contributed by atoms with van der Waals surface area (Å²) in [6.45, 7) is 1.88. The Hall–Kier alpha value is -0.880. The predicted octanol–water partition coefficient (Wildman–Crippen LogP) is 2.64. The number of aliphatic carboxylic acids is 1. The van der Waals surface area contributed by atoms with Crippen molar-refractivity contribution in [3.63, 3.8) is 0 Å². The number of carbonyl (C=O) groups is 1. The second-order valence-electron chi connectivity index (χ2n) is 4.34. The summed E-state index contributed by atoms with van der Waals surface area (Å²) in [6.07, 6.45) is -1.06. The van der Waals surface area contributed by atoms with Crippen molar-refractivity contribution >= 4 is 29.2 Å². The van der Waals surface area contributed by atoms with Crippen LogP contribution < -0.4 is 5.32 Å². The van der Waals surface area contributed by atoms with Crippen LogP contribution in [0.25, 0.3) is 0 Å². The highest BCUT2D eigenvalue weighted by atomic mass is 35.5. The Bertz CT molecular complexity index is 512. The molecule has 1 saturated heterocycles. The van der Waals surface area contributed by atoms with Gasteiger partial charge in [-0.2, -0.15) is 0 Å². The Kier molecular flexibility index (Phi) is 4.30. The monoisotopic (exact) mass is 307 g/mol. The summed E-state index contributed by atoms with van der Waals surface area (Å²) in [6, 6.07) is 1.74. The van der Waals surface area contributed by atoms with E-state index < -0.39 is 30.0 Å². The summed E-state index contributed by atoms with van der Waals surface area (Å²) in [7, 11) is 0. The fourth-order valence-electron chi connectivity index (χ4n) is 2.04. The molecule has 0 bridgehead atoms. The van der Waals surface area contributed by atoms with E-state index in [9.17, 15) is 9.18 Å². The lowest BCUT2D eigenvalue weighted by molar-refractivity contribution is -0.149. The van der Waals surface area contributed by atoms with Crippen LogP contribution in [-0.2, 0) is 9.53 Å². The van der Waals surface area contributed by atoms with Gasteiger partial charge in [-0.15, -0.1) is 0 Å². The van der Waals surface area contributed by atoms with Gasteiger partial charge < -0.3 is 9.84 Å².